The fourth-order valence-corrected chi connectivity index (χ4v) is 2.87. The summed E-state index contributed by atoms with van der Waals surface area (Å²) >= 11 is 0. The normalized spacial score (nSPS) is 16.4. The number of nitrogen functional groups attached to an aromatic ring is 1. The lowest BCUT2D eigenvalue weighted by Gasteiger charge is -2.35. The Morgan fingerprint density at radius 2 is 1.95 bits per heavy atom. The first kappa shape index (κ1) is 13.9. The standard InChI is InChI=1S/C16H23N5/c1-3-20-6-8-21(9-7-20)14-4-5-16(17)15(10-14)13-11-18-19(2)12-13/h4-5,10-12H,3,6-9,17H2,1-2H3. The topological polar surface area (TPSA) is 50.3 Å². The lowest BCUT2D eigenvalue weighted by Crippen LogP contribution is -2.46. The van der Waals surface area contributed by atoms with Gasteiger partial charge >= 0.3 is 0 Å². The molecule has 1 fully saturated rings. The SMILES string of the molecule is CCN1CCN(c2ccc(N)c(-c3cnn(C)c3)c2)CC1. The van der Waals surface area contributed by atoms with E-state index in [1.807, 2.05) is 30.2 Å². The average Bonchev–Trinajstić information content (AvgIpc) is 2.94. The Kier molecular flexibility index (Phi) is 3.84. The number of likely N-dealkylation sites (N-methyl/N-ethyl adjacent to an activating group) is 1. The van der Waals surface area contributed by atoms with Crippen molar-refractivity contribution in [3.63, 3.8) is 0 Å². The smallest absolute Gasteiger partial charge is 0.0568 e. The van der Waals surface area contributed by atoms with Crippen LogP contribution in [0.3, 0.4) is 0 Å². The van der Waals surface area contributed by atoms with Crippen molar-refractivity contribution in [2.24, 2.45) is 7.05 Å². The number of piperazine rings is 1. The molecule has 1 aromatic carbocycles. The molecule has 0 saturated carbocycles. The minimum atomic E-state index is 0.805. The van der Waals surface area contributed by atoms with Crippen molar-refractivity contribution in [2.45, 2.75) is 6.92 Å². The van der Waals surface area contributed by atoms with Crippen LogP contribution in [0.1, 0.15) is 6.92 Å². The van der Waals surface area contributed by atoms with Crippen LogP contribution in [-0.4, -0.2) is 47.4 Å². The number of anilines is 2. The van der Waals surface area contributed by atoms with E-state index in [2.05, 4.69) is 34.0 Å². The molecule has 0 atom stereocenters. The fourth-order valence-electron chi connectivity index (χ4n) is 2.87. The predicted molar refractivity (Wildman–Crippen MR) is 87.4 cm³/mol. The maximum absolute atomic E-state index is 6.14. The number of nitrogens with two attached hydrogens (primary N) is 1. The van der Waals surface area contributed by atoms with Gasteiger partial charge in [-0.15, -0.1) is 0 Å². The van der Waals surface area contributed by atoms with Crippen LogP contribution < -0.4 is 10.6 Å². The number of rotatable bonds is 3. The highest BCUT2D eigenvalue weighted by molar-refractivity contribution is 5.79. The van der Waals surface area contributed by atoms with Gasteiger partial charge in [-0.1, -0.05) is 6.92 Å². The van der Waals surface area contributed by atoms with Crippen LogP contribution in [0, 0.1) is 0 Å². The third-order valence-corrected chi connectivity index (χ3v) is 4.24. The molecule has 5 heteroatoms. The van der Waals surface area contributed by atoms with Gasteiger partial charge in [0.05, 0.1) is 6.20 Å². The zero-order chi connectivity index (χ0) is 14.8. The van der Waals surface area contributed by atoms with E-state index in [1.165, 1.54) is 5.69 Å². The molecule has 1 saturated heterocycles. The first-order valence-corrected chi connectivity index (χ1v) is 7.53. The molecule has 0 amide bonds. The Morgan fingerprint density at radius 1 is 1.19 bits per heavy atom. The van der Waals surface area contributed by atoms with Gasteiger partial charge < -0.3 is 15.5 Å². The van der Waals surface area contributed by atoms with Crippen LogP contribution in [-0.2, 0) is 7.05 Å². The lowest BCUT2D eigenvalue weighted by molar-refractivity contribution is 0.271. The van der Waals surface area contributed by atoms with E-state index in [-0.39, 0.29) is 0 Å². The highest BCUT2D eigenvalue weighted by Crippen LogP contribution is 2.30. The predicted octanol–water partition coefficient (Wildman–Crippen LogP) is 1.81. The third kappa shape index (κ3) is 2.88. The summed E-state index contributed by atoms with van der Waals surface area (Å²) in [5.74, 6) is 0. The number of aromatic nitrogens is 2. The number of benzene rings is 1. The van der Waals surface area contributed by atoms with Gasteiger partial charge in [0.15, 0.2) is 0 Å². The number of hydrogen-bond donors (Lipinski definition) is 1. The van der Waals surface area contributed by atoms with Crippen molar-refractivity contribution in [3.8, 4) is 11.1 Å². The molecule has 5 nitrogen and oxygen atoms in total. The summed E-state index contributed by atoms with van der Waals surface area (Å²) in [7, 11) is 1.92. The summed E-state index contributed by atoms with van der Waals surface area (Å²) in [6.07, 6.45) is 3.87. The van der Waals surface area contributed by atoms with Crippen molar-refractivity contribution < 1.29 is 0 Å². The monoisotopic (exact) mass is 285 g/mol. The summed E-state index contributed by atoms with van der Waals surface area (Å²) < 4.78 is 1.81. The molecular formula is C16H23N5. The second-order valence-corrected chi connectivity index (χ2v) is 5.60. The van der Waals surface area contributed by atoms with Gasteiger partial charge in [-0.25, -0.2) is 0 Å². The molecule has 1 aliphatic rings. The zero-order valence-corrected chi connectivity index (χ0v) is 12.8. The van der Waals surface area contributed by atoms with E-state index in [0.29, 0.717) is 0 Å². The molecule has 1 aliphatic heterocycles. The molecule has 2 heterocycles. The summed E-state index contributed by atoms with van der Waals surface area (Å²) in [6.45, 7) is 7.76. The number of aryl methyl sites for hydroxylation is 1. The summed E-state index contributed by atoms with van der Waals surface area (Å²) in [4.78, 5) is 4.92. The minimum absolute atomic E-state index is 0.805. The zero-order valence-electron chi connectivity index (χ0n) is 12.8. The summed E-state index contributed by atoms with van der Waals surface area (Å²) in [5.41, 5.74) is 10.3. The molecule has 0 spiro atoms. The van der Waals surface area contributed by atoms with Gasteiger partial charge in [0.1, 0.15) is 0 Å². The fraction of sp³-hybridized carbons (Fsp3) is 0.438. The molecule has 0 radical (unpaired) electrons. The van der Waals surface area contributed by atoms with Gasteiger partial charge in [0, 0.05) is 61.9 Å². The van der Waals surface area contributed by atoms with Crippen molar-refractivity contribution >= 4 is 11.4 Å². The lowest BCUT2D eigenvalue weighted by atomic mass is 10.1. The third-order valence-electron chi connectivity index (χ3n) is 4.24. The van der Waals surface area contributed by atoms with Crippen LogP contribution in [0.5, 0.6) is 0 Å². The van der Waals surface area contributed by atoms with Gasteiger partial charge in [-0.3, -0.25) is 4.68 Å². The molecule has 21 heavy (non-hydrogen) atoms. The van der Waals surface area contributed by atoms with Crippen molar-refractivity contribution in [3.05, 3.63) is 30.6 Å². The highest BCUT2D eigenvalue weighted by atomic mass is 15.3. The van der Waals surface area contributed by atoms with E-state index in [0.717, 1.165) is 49.5 Å². The molecule has 0 unspecified atom stereocenters. The molecule has 3 rings (SSSR count). The molecule has 2 aromatic rings. The molecular weight excluding hydrogens is 262 g/mol. The van der Waals surface area contributed by atoms with Crippen LogP contribution in [0.2, 0.25) is 0 Å². The quantitative estimate of drug-likeness (QED) is 0.874. The van der Waals surface area contributed by atoms with E-state index in [4.69, 9.17) is 5.73 Å². The second-order valence-electron chi connectivity index (χ2n) is 5.60. The Labute approximate surface area is 126 Å². The number of nitrogens with zero attached hydrogens (tertiary/aromatic N) is 4. The molecule has 1 aromatic heterocycles. The molecule has 112 valence electrons. The first-order valence-electron chi connectivity index (χ1n) is 7.53. The van der Waals surface area contributed by atoms with Crippen molar-refractivity contribution in [1.29, 1.82) is 0 Å². The second kappa shape index (κ2) is 5.77. The molecule has 2 N–H and O–H groups in total. The Hall–Kier alpha value is -2.01. The Morgan fingerprint density at radius 3 is 2.57 bits per heavy atom. The van der Waals surface area contributed by atoms with Gasteiger partial charge in [0.2, 0.25) is 0 Å². The largest absolute Gasteiger partial charge is 0.398 e. The molecule has 0 bridgehead atoms. The summed E-state index contributed by atoms with van der Waals surface area (Å²) in [5, 5.41) is 4.24. The minimum Gasteiger partial charge on any atom is -0.398 e. The maximum Gasteiger partial charge on any atom is 0.0568 e. The number of hydrogen-bond acceptors (Lipinski definition) is 4. The van der Waals surface area contributed by atoms with E-state index in [9.17, 15) is 0 Å². The molecule has 0 aliphatic carbocycles. The maximum atomic E-state index is 6.14. The van der Waals surface area contributed by atoms with Crippen LogP contribution >= 0.6 is 0 Å². The van der Waals surface area contributed by atoms with Crippen molar-refractivity contribution in [2.75, 3.05) is 43.4 Å². The van der Waals surface area contributed by atoms with Crippen LogP contribution in [0.4, 0.5) is 11.4 Å². The van der Waals surface area contributed by atoms with Gasteiger partial charge in [0.25, 0.3) is 0 Å². The van der Waals surface area contributed by atoms with Gasteiger partial charge in [-0.2, -0.15) is 5.10 Å². The highest BCUT2D eigenvalue weighted by Gasteiger charge is 2.17. The Balaban J connectivity index is 1.84. The first-order chi connectivity index (χ1) is 10.2. The van der Waals surface area contributed by atoms with E-state index < -0.39 is 0 Å². The van der Waals surface area contributed by atoms with Crippen LogP contribution in [0.15, 0.2) is 30.6 Å². The van der Waals surface area contributed by atoms with Gasteiger partial charge in [-0.05, 0) is 24.7 Å². The van der Waals surface area contributed by atoms with Crippen LogP contribution in [0.25, 0.3) is 11.1 Å². The Bertz CT molecular complexity index is 611. The van der Waals surface area contributed by atoms with Crippen molar-refractivity contribution in [1.82, 2.24) is 14.7 Å². The summed E-state index contributed by atoms with van der Waals surface area (Å²) in [6, 6.07) is 6.31. The van der Waals surface area contributed by atoms with E-state index >= 15 is 0 Å². The van der Waals surface area contributed by atoms with E-state index in [1.54, 1.807) is 0 Å². The average molecular weight is 285 g/mol.